The van der Waals surface area contributed by atoms with Crippen molar-refractivity contribution in [2.24, 2.45) is 0 Å². The fraction of sp³-hybridized carbons (Fsp3) is 0.733. The molecule has 2 aliphatic heterocycles. The van der Waals surface area contributed by atoms with Crippen LogP contribution in [0.3, 0.4) is 0 Å². The molecule has 3 unspecified atom stereocenters. The molecule has 0 saturated carbocycles. The molecule has 0 aromatic rings. The van der Waals surface area contributed by atoms with Crippen molar-refractivity contribution in [2.45, 2.75) is 69.0 Å². The smallest absolute Gasteiger partial charge is 0.303 e. The number of hydrogen-bond donors (Lipinski definition) is 0. The molecule has 2 bridgehead atoms. The Morgan fingerprint density at radius 1 is 1.55 bits per heavy atom. The zero-order valence-electron chi connectivity index (χ0n) is 11.6. The average molecular weight is 277 g/mol. The summed E-state index contributed by atoms with van der Waals surface area (Å²) in [5.41, 5.74) is -0.375. The van der Waals surface area contributed by atoms with Crippen LogP contribution in [0, 0.1) is 11.3 Å². The number of hydrogen-bond acceptors (Lipinski definition) is 5. The van der Waals surface area contributed by atoms with E-state index in [0.29, 0.717) is 6.42 Å². The van der Waals surface area contributed by atoms with Gasteiger partial charge in [0.05, 0.1) is 18.3 Å². The molecule has 2 saturated heterocycles. The minimum absolute atomic E-state index is 0.0441. The van der Waals surface area contributed by atoms with Crippen molar-refractivity contribution in [3.63, 3.8) is 0 Å². The normalized spacial score (nSPS) is 41.8. The largest absolute Gasteiger partial charge is 0.456 e. The first kappa shape index (κ1) is 13.6. The Balaban J connectivity index is 1.71. The summed E-state index contributed by atoms with van der Waals surface area (Å²) in [6.07, 6.45) is 7.55. The molecule has 0 amide bonds. The number of ether oxygens (including phenoxy) is 3. The molecule has 5 heteroatoms. The van der Waals surface area contributed by atoms with Gasteiger partial charge in [-0.2, -0.15) is 5.26 Å². The number of fused-ring (bicyclic) bond motifs is 1. The van der Waals surface area contributed by atoms with Crippen molar-refractivity contribution < 1.29 is 19.0 Å². The fourth-order valence-electron chi connectivity index (χ4n) is 3.49. The van der Waals surface area contributed by atoms with E-state index in [-0.39, 0.29) is 36.0 Å². The summed E-state index contributed by atoms with van der Waals surface area (Å²) in [4.78, 5) is 11.1. The number of carbonyl (C=O) groups is 1. The number of nitriles is 1. The molecule has 0 aromatic heterocycles. The Kier molecular flexibility index (Phi) is 3.53. The maximum Gasteiger partial charge on any atom is 0.303 e. The molecule has 5 atom stereocenters. The molecule has 2 heterocycles. The zero-order chi connectivity index (χ0) is 14.2. The molecule has 0 aromatic carbocycles. The number of carbonyl (C=O) groups excluding carboxylic acids is 1. The van der Waals surface area contributed by atoms with E-state index in [0.717, 1.165) is 25.7 Å². The SMILES string of the molecule is CC(=O)O[C@@H]1C=CC23C[C@H]1OC2CCC(CCC#N)O3. The van der Waals surface area contributed by atoms with Crippen molar-refractivity contribution >= 4 is 5.97 Å². The lowest BCUT2D eigenvalue weighted by molar-refractivity contribution is -0.152. The minimum atomic E-state index is -0.375. The Bertz CT molecular complexity index is 469. The van der Waals surface area contributed by atoms with Crippen LogP contribution < -0.4 is 0 Å². The first-order valence-corrected chi connectivity index (χ1v) is 7.20. The van der Waals surface area contributed by atoms with Gasteiger partial charge >= 0.3 is 5.97 Å². The van der Waals surface area contributed by atoms with E-state index in [1.807, 2.05) is 12.2 Å². The maximum atomic E-state index is 11.1. The predicted octanol–water partition coefficient (Wildman–Crippen LogP) is 1.87. The Hall–Kier alpha value is -1.38. The molecule has 0 N–H and O–H groups in total. The highest BCUT2D eigenvalue weighted by molar-refractivity contribution is 5.66. The van der Waals surface area contributed by atoms with E-state index >= 15 is 0 Å². The van der Waals surface area contributed by atoms with Crippen LogP contribution in [0.4, 0.5) is 0 Å². The van der Waals surface area contributed by atoms with Crippen LogP contribution in [0.15, 0.2) is 12.2 Å². The van der Waals surface area contributed by atoms with Crippen molar-refractivity contribution in [2.75, 3.05) is 0 Å². The number of nitrogens with zero attached hydrogens (tertiary/aromatic N) is 1. The molecule has 3 aliphatic rings. The predicted molar refractivity (Wildman–Crippen MR) is 69.7 cm³/mol. The molecule has 3 rings (SSSR count). The van der Waals surface area contributed by atoms with Gasteiger partial charge in [0.1, 0.15) is 17.8 Å². The van der Waals surface area contributed by atoms with Crippen LogP contribution in [-0.2, 0) is 19.0 Å². The van der Waals surface area contributed by atoms with Gasteiger partial charge in [0.25, 0.3) is 0 Å². The number of rotatable bonds is 3. The van der Waals surface area contributed by atoms with Gasteiger partial charge < -0.3 is 14.2 Å². The zero-order valence-corrected chi connectivity index (χ0v) is 11.6. The third-order valence-corrected chi connectivity index (χ3v) is 4.36. The lowest BCUT2D eigenvalue weighted by Crippen LogP contribution is -2.47. The lowest BCUT2D eigenvalue weighted by atomic mass is 9.82. The highest BCUT2D eigenvalue weighted by Crippen LogP contribution is 2.47. The molecule has 1 aliphatic carbocycles. The van der Waals surface area contributed by atoms with E-state index < -0.39 is 0 Å². The van der Waals surface area contributed by atoms with Gasteiger partial charge in [-0.3, -0.25) is 4.79 Å². The highest BCUT2D eigenvalue weighted by Gasteiger charge is 2.55. The van der Waals surface area contributed by atoms with E-state index in [4.69, 9.17) is 19.5 Å². The van der Waals surface area contributed by atoms with Gasteiger partial charge in [0.15, 0.2) is 0 Å². The Morgan fingerprint density at radius 2 is 2.40 bits per heavy atom. The summed E-state index contributed by atoms with van der Waals surface area (Å²) >= 11 is 0. The molecule has 1 spiro atoms. The van der Waals surface area contributed by atoms with Gasteiger partial charge in [-0.05, 0) is 25.3 Å². The third-order valence-electron chi connectivity index (χ3n) is 4.36. The van der Waals surface area contributed by atoms with Crippen molar-refractivity contribution in [3.05, 3.63) is 12.2 Å². The van der Waals surface area contributed by atoms with Crippen molar-refractivity contribution in [1.82, 2.24) is 0 Å². The fourth-order valence-corrected chi connectivity index (χ4v) is 3.49. The Morgan fingerprint density at radius 3 is 3.15 bits per heavy atom. The van der Waals surface area contributed by atoms with Crippen LogP contribution in [0.1, 0.15) is 39.0 Å². The standard InChI is InChI=1S/C15H19NO4/c1-10(17)18-12-6-7-15-9-13(12)19-14(15)5-4-11(20-15)3-2-8-16/h6-7,11-14H,2-5,9H2,1H3/t11?,12-,13-,14?,15?/m1/s1. The summed E-state index contributed by atoms with van der Waals surface area (Å²) in [6, 6.07) is 2.17. The molecular formula is C15H19NO4. The summed E-state index contributed by atoms with van der Waals surface area (Å²) in [6.45, 7) is 1.41. The second-order valence-corrected chi connectivity index (χ2v) is 5.77. The van der Waals surface area contributed by atoms with Gasteiger partial charge in [-0.1, -0.05) is 6.08 Å². The Labute approximate surface area is 118 Å². The van der Waals surface area contributed by atoms with E-state index in [9.17, 15) is 4.79 Å². The summed E-state index contributed by atoms with van der Waals surface area (Å²) in [7, 11) is 0. The first-order chi connectivity index (χ1) is 9.63. The molecule has 5 nitrogen and oxygen atoms in total. The van der Waals surface area contributed by atoms with Crippen LogP contribution in [0.5, 0.6) is 0 Å². The molecule has 20 heavy (non-hydrogen) atoms. The van der Waals surface area contributed by atoms with Crippen molar-refractivity contribution in [3.8, 4) is 6.07 Å². The van der Waals surface area contributed by atoms with Crippen LogP contribution in [0.2, 0.25) is 0 Å². The second kappa shape index (κ2) is 5.19. The summed E-state index contributed by atoms with van der Waals surface area (Å²) in [5, 5.41) is 8.68. The lowest BCUT2D eigenvalue weighted by Gasteiger charge is -2.40. The van der Waals surface area contributed by atoms with Crippen LogP contribution >= 0.6 is 0 Å². The molecule has 108 valence electrons. The van der Waals surface area contributed by atoms with Gasteiger partial charge in [0, 0.05) is 19.8 Å². The molecule has 2 fully saturated rings. The van der Waals surface area contributed by atoms with Crippen molar-refractivity contribution in [1.29, 1.82) is 5.26 Å². The molecule has 0 radical (unpaired) electrons. The molecular weight excluding hydrogens is 258 g/mol. The van der Waals surface area contributed by atoms with Gasteiger partial charge in [-0.15, -0.1) is 0 Å². The summed E-state index contributed by atoms with van der Waals surface area (Å²) < 4.78 is 17.5. The third kappa shape index (κ3) is 2.34. The van der Waals surface area contributed by atoms with Gasteiger partial charge in [-0.25, -0.2) is 0 Å². The highest BCUT2D eigenvalue weighted by atomic mass is 16.6. The van der Waals surface area contributed by atoms with E-state index in [1.54, 1.807) is 0 Å². The van der Waals surface area contributed by atoms with Crippen LogP contribution in [-0.4, -0.2) is 36.0 Å². The quantitative estimate of drug-likeness (QED) is 0.582. The van der Waals surface area contributed by atoms with Crippen LogP contribution in [0.25, 0.3) is 0 Å². The topological polar surface area (TPSA) is 68.5 Å². The summed E-state index contributed by atoms with van der Waals surface area (Å²) in [5.74, 6) is -0.290. The second-order valence-electron chi connectivity index (χ2n) is 5.77. The number of esters is 1. The monoisotopic (exact) mass is 277 g/mol. The van der Waals surface area contributed by atoms with E-state index in [1.165, 1.54) is 6.92 Å². The van der Waals surface area contributed by atoms with E-state index in [2.05, 4.69) is 6.07 Å². The average Bonchev–Trinajstić information content (AvgIpc) is 2.72. The minimum Gasteiger partial charge on any atom is -0.456 e. The first-order valence-electron chi connectivity index (χ1n) is 7.20. The maximum absolute atomic E-state index is 11.1. The van der Waals surface area contributed by atoms with Gasteiger partial charge in [0.2, 0.25) is 0 Å².